The van der Waals surface area contributed by atoms with Gasteiger partial charge in [0.25, 0.3) is 5.79 Å². The highest BCUT2D eigenvalue weighted by atomic mass is 16.8. The van der Waals surface area contributed by atoms with E-state index in [2.05, 4.69) is 6.92 Å². The number of aliphatic hydroxyl groups excluding tert-OH is 4. The largest absolute Gasteiger partial charge is 0.453 e. The summed E-state index contributed by atoms with van der Waals surface area (Å²) in [6, 6.07) is 47.0. The number of carbonyl (C=O) groups is 1. The van der Waals surface area contributed by atoms with Crippen LogP contribution < -0.4 is 5.73 Å². The number of hydrogen-bond donors (Lipinski definition) is 5. The Labute approximate surface area is 480 Å². The summed E-state index contributed by atoms with van der Waals surface area (Å²) < 4.78 is 81.8. The maximum Gasteiger partial charge on any atom is 0.367 e. The molecule has 0 bridgehead atoms. The van der Waals surface area contributed by atoms with E-state index in [4.69, 9.17) is 62.6 Å². The Morgan fingerprint density at radius 3 is 1.57 bits per heavy atom. The van der Waals surface area contributed by atoms with Crippen molar-refractivity contribution in [3.8, 4) is 0 Å². The van der Waals surface area contributed by atoms with Crippen molar-refractivity contribution in [2.75, 3.05) is 26.4 Å². The summed E-state index contributed by atoms with van der Waals surface area (Å²) in [6.07, 6.45) is -12.0. The third kappa shape index (κ3) is 16.4. The van der Waals surface area contributed by atoms with E-state index >= 15 is 0 Å². The van der Waals surface area contributed by atoms with Crippen molar-refractivity contribution in [2.24, 2.45) is 5.73 Å². The first-order chi connectivity index (χ1) is 40.1. The maximum absolute atomic E-state index is 14.6. The summed E-state index contributed by atoms with van der Waals surface area (Å²) in [4.78, 5) is 14.6. The van der Waals surface area contributed by atoms with E-state index < -0.39 is 117 Å². The Kier molecular flexibility index (Phi) is 23.4. The number of unbranched alkanes of at least 4 members (excludes halogenated alkanes) is 5. The molecule has 4 fully saturated rings. The minimum absolute atomic E-state index is 0.00240. The molecular weight excluding hydrogens is 1050 g/mol. The van der Waals surface area contributed by atoms with Gasteiger partial charge in [-0.1, -0.05) is 191 Å². The van der Waals surface area contributed by atoms with Crippen LogP contribution in [0.15, 0.2) is 152 Å². The van der Waals surface area contributed by atoms with E-state index in [0.717, 1.165) is 59.9 Å². The van der Waals surface area contributed by atoms with E-state index in [9.17, 15) is 25.2 Å². The highest BCUT2D eigenvalue weighted by Crippen LogP contribution is 2.44. The van der Waals surface area contributed by atoms with Gasteiger partial charge in [0, 0.05) is 13.0 Å². The molecule has 4 aliphatic rings. The molecule has 0 aromatic heterocycles. The first-order valence-corrected chi connectivity index (χ1v) is 28.9. The van der Waals surface area contributed by atoms with Gasteiger partial charge in [0.15, 0.2) is 18.7 Å². The lowest BCUT2D eigenvalue weighted by Crippen LogP contribution is -2.74. The smallest absolute Gasteiger partial charge is 0.367 e. The Morgan fingerprint density at radius 1 is 0.561 bits per heavy atom. The predicted octanol–water partition coefficient (Wildman–Crippen LogP) is 6.59. The van der Waals surface area contributed by atoms with E-state index in [0.29, 0.717) is 6.61 Å². The number of carbonyl (C=O) groups excluding carboxylic acids is 1. The van der Waals surface area contributed by atoms with Crippen LogP contribution in [0.3, 0.4) is 0 Å². The summed E-state index contributed by atoms with van der Waals surface area (Å²) in [5, 5.41) is 43.3. The van der Waals surface area contributed by atoms with Gasteiger partial charge in [0.2, 0.25) is 0 Å². The molecule has 444 valence electrons. The summed E-state index contributed by atoms with van der Waals surface area (Å²) in [6.45, 7) is 2.30. The van der Waals surface area contributed by atoms with E-state index in [1.54, 1.807) is 0 Å². The molecule has 1 spiro atoms. The van der Waals surface area contributed by atoms with Gasteiger partial charge < -0.3 is 83.0 Å². The average Bonchev–Trinajstić information content (AvgIpc) is 3.19. The number of rotatable bonds is 30. The van der Waals surface area contributed by atoms with Crippen molar-refractivity contribution in [3.05, 3.63) is 179 Å². The first kappa shape index (κ1) is 61.5. The Hall–Kier alpha value is -5.07. The number of benzene rings is 5. The van der Waals surface area contributed by atoms with E-state index in [1.165, 1.54) is 6.42 Å². The van der Waals surface area contributed by atoms with Crippen LogP contribution in [0.2, 0.25) is 0 Å². The summed E-state index contributed by atoms with van der Waals surface area (Å²) in [5.74, 6) is -3.47. The number of fused-ring (bicyclic) bond motifs is 1. The highest BCUT2D eigenvalue weighted by Gasteiger charge is 2.65. The highest BCUT2D eigenvalue weighted by molar-refractivity contribution is 5.79. The fourth-order valence-electron chi connectivity index (χ4n) is 10.8. The molecule has 4 aliphatic heterocycles. The molecule has 18 heteroatoms. The molecule has 0 amide bonds. The van der Waals surface area contributed by atoms with Gasteiger partial charge >= 0.3 is 5.97 Å². The average molecular weight is 1140 g/mol. The zero-order valence-electron chi connectivity index (χ0n) is 46.6. The second kappa shape index (κ2) is 31.2. The number of esters is 1. The van der Waals surface area contributed by atoms with Crippen LogP contribution in [0, 0.1) is 0 Å². The van der Waals surface area contributed by atoms with Gasteiger partial charge in [-0.25, -0.2) is 4.79 Å². The zero-order chi connectivity index (χ0) is 57.1. The van der Waals surface area contributed by atoms with Crippen LogP contribution in [-0.4, -0.2) is 150 Å². The summed E-state index contributed by atoms with van der Waals surface area (Å²) in [7, 11) is 0. The van der Waals surface area contributed by atoms with Crippen LogP contribution >= 0.6 is 0 Å². The molecular formula is C64H81NO17. The lowest BCUT2D eigenvalue weighted by Gasteiger charge is -2.55. The lowest BCUT2D eigenvalue weighted by atomic mass is 9.87. The molecule has 4 heterocycles. The first-order valence-electron chi connectivity index (χ1n) is 28.9. The number of hydrogen-bond acceptors (Lipinski definition) is 18. The molecule has 4 saturated heterocycles. The predicted molar refractivity (Wildman–Crippen MR) is 299 cm³/mol. The van der Waals surface area contributed by atoms with Crippen molar-refractivity contribution < 1.29 is 82.1 Å². The number of aliphatic hydroxyl groups is 4. The maximum atomic E-state index is 14.6. The van der Waals surface area contributed by atoms with Gasteiger partial charge in [-0.15, -0.1) is 0 Å². The van der Waals surface area contributed by atoms with Gasteiger partial charge in [-0.3, -0.25) is 0 Å². The van der Waals surface area contributed by atoms with E-state index in [-0.39, 0.29) is 46.2 Å². The van der Waals surface area contributed by atoms with Crippen molar-refractivity contribution in [1.82, 2.24) is 0 Å². The fraction of sp³-hybridized carbons (Fsp3) is 0.516. The molecule has 6 N–H and O–H groups in total. The van der Waals surface area contributed by atoms with Crippen LogP contribution in [0.5, 0.6) is 0 Å². The van der Waals surface area contributed by atoms with Crippen LogP contribution in [-0.2, 0) is 94.7 Å². The zero-order valence-corrected chi connectivity index (χ0v) is 46.6. The quantitative estimate of drug-likeness (QED) is 0.0241. The molecule has 5 aromatic rings. The summed E-state index contributed by atoms with van der Waals surface area (Å²) in [5.41, 5.74) is 10.8. The second-order valence-electron chi connectivity index (χ2n) is 21.5. The standard InChI is InChI=1S/C64H81NO17/c1-2-3-4-5-6-22-33-73-61-59(75-39-46-29-18-10-19-30-46)57(74-38-45-27-16-9-17-28-45)54(50(77-61)41-71-36-43-23-12-7-13-24-43)79-62-60(76-40-47-31-20-11-21-32-47)58-55(51(78-62)42-72-37-44-25-14-8-15-26-44)80-63(70)64(82-58)34-48(67)52(65)56(81-64)53(69)49(68)35-66/h7-21,23-32,48-62,66-69H,2-6,22,33-42,65H2,1H3/t48-,49+,50+,51+,52+,53+,54+,55-,56+,57-,58-,59+,60+,61+,62-,64?/m0/s1. The Morgan fingerprint density at radius 2 is 1.04 bits per heavy atom. The molecule has 0 radical (unpaired) electrons. The van der Waals surface area contributed by atoms with Gasteiger partial charge in [0.05, 0.1) is 65.0 Å². The topological polar surface area (TPSA) is 235 Å². The third-order valence-corrected chi connectivity index (χ3v) is 15.3. The van der Waals surface area contributed by atoms with Crippen molar-refractivity contribution in [3.63, 3.8) is 0 Å². The molecule has 5 aromatic carbocycles. The van der Waals surface area contributed by atoms with Gasteiger partial charge in [0.1, 0.15) is 61.0 Å². The number of nitrogens with two attached hydrogens (primary N) is 1. The van der Waals surface area contributed by atoms with Crippen LogP contribution in [0.1, 0.15) is 79.7 Å². The lowest BCUT2D eigenvalue weighted by molar-refractivity contribution is -0.411. The SMILES string of the molecule is CCCCCCCCO[C@@H]1O[C@H](COCc2ccccc2)[C@@H](O[C@@H]2O[C@H](COCc3ccccc3)[C@@H]3OC(=O)C4(C[C@H](O)[C@@H](N)[C@H]([C@H](O)[C@H](O)CO)O4)O[C@@H]3[C@H]2OCc2ccccc2)[C@H](OCc2ccccc2)[C@H]1OCc1ccccc1. The Balaban J connectivity index is 1.12. The van der Waals surface area contributed by atoms with Crippen molar-refractivity contribution in [1.29, 1.82) is 0 Å². The summed E-state index contributed by atoms with van der Waals surface area (Å²) >= 11 is 0. The molecule has 9 rings (SSSR count). The second-order valence-corrected chi connectivity index (χ2v) is 21.5. The van der Waals surface area contributed by atoms with Crippen molar-refractivity contribution in [2.45, 2.75) is 183 Å². The van der Waals surface area contributed by atoms with Gasteiger partial charge in [-0.2, -0.15) is 0 Å². The molecule has 16 atom stereocenters. The minimum atomic E-state index is -2.41. The third-order valence-electron chi connectivity index (χ3n) is 15.3. The molecule has 1 unspecified atom stereocenters. The molecule has 82 heavy (non-hydrogen) atoms. The Bertz CT molecular complexity index is 2600. The monoisotopic (exact) mass is 1140 g/mol. The molecule has 18 nitrogen and oxygen atoms in total. The van der Waals surface area contributed by atoms with E-state index in [1.807, 2.05) is 152 Å². The fourth-order valence-corrected chi connectivity index (χ4v) is 10.8. The molecule has 0 saturated carbocycles. The van der Waals surface area contributed by atoms with Crippen molar-refractivity contribution >= 4 is 5.97 Å². The molecule has 0 aliphatic carbocycles. The van der Waals surface area contributed by atoms with Crippen LogP contribution in [0.25, 0.3) is 0 Å². The minimum Gasteiger partial charge on any atom is -0.453 e. The van der Waals surface area contributed by atoms with Gasteiger partial charge in [-0.05, 0) is 34.2 Å². The van der Waals surface area contributed by atoms with Crippen LogP contribution in [0.4, 0.5) is 0 Å². The number of ether oxygens (including phenoxy) is 12. The normalized spacial score (nSPS) is 29.9.